The lowest BCUT2D eigenvalue weighted by molar-refractivity contribution is 0.440. The van der Waals surface area contributed by atoms with Crippen molar-refractivity contribution in [3.05, 3.63) is 17.7 Å². The van der Waals surface area contributed by atoms with Gasteiger partial charge in [-0.1, -0.05) is 0 Å². The number of benzene rings is 1. The molecule has 0 bridgehead atoms. The van der Waals surface area contributed by atoms with Gasteiger partial charge in [0.05, 0.1) is 4.90 Å². The average Bonchev–Trinajstić information content (AvgIpc) is 1.97. The maximum atomic E-state index is 10.9. The molecule has 18 heavy (non-hydrogen) atoms. The molecule has 106 valence electrons. The van der Waals surface area contributed by atoms with Gasteiger partial charge in [0.25, 0.3) is 20.2 Å². The quantitative estimate of drug-likeness (QED) is 0.483. The maximum Gasteiger partial charge on any atom is 0.298 e. The summed E-state index contributed by atoms with van der Waals surface area (Å²) in [4.78, 5) is -1.64. The molecule has 0 aliphatic carbocycles. The van der Waals surface area contributed by atoms with Gasteiger partial charge in [-0.2, -0.15) is 16.8 Å². The van der Waals surface area contributed by atoms with Crippen molar-refractivity contribution >= 4 is 20.2 Å². The molecule has 0 aromatic heterocycles. The van der Waals surface area contributed by atoms with Crippen LogP contribution in [0.3, 0.4) is 0 Å². The predicted molar refractivity (Wildman–Crippen MR) is 62.5 cm³/mol. The van der Waals surface area contributed by atoms with Gasteiger partial charge in [0.1, 0.15) is 10.6 Å². The fourth-order valence-electron chi connectivity index (χ4n) is 1.26. The zero-order chi connectivity index (χ0) is 12.7. The van der Waals surface area contributed by atoms with Crippen molar-refractivity contribution in [2.24, 2.45) is 0 Å². The van der Waals surface area contributed by atoms with E-state index in [9.17, 15) is 21.9 Å². The molecule has 0 radical (unpaired) electrons. The Labute approximate surface area is 104 Å². The molecule has 0 aliphatic rings. The molecular formula is C7H14N2O7S2. The molecule has 1 aromatic carbocycles. The van der Waals surface area contributed by atoms with E-state index in [2.05, 4.69) is 0 Å². The molecule has 0 fully saturated rings. The molecule has 0 atom stereocenters. The van der Waals surface area contributed by atoms with E-state index in [1.807, 2.05) is 0 Å². The minimum absolute atomic E-state index is 0. The van der Waals surface area contributed by atoms with Gasteiger partial charge in [0.2, 0.25) is 0 Å². The lowest BCUT2D eigenvalue weighted by atomic mass is 10.2. The van der Waals surface area contributed by atoms with Crippen LogP contribution in [0.4, 0.5) is 0 Å². The molecule has 0 saturated carbocycles. The first kappa shape index (κ1) is 19.1. The molecule has 0 heterocycles. The van der Waals surface area contributed by atoms with Crippen molar-refractivity contribution in [1.82, 2.24) is 12.3 Å². The summed E-state index contributed by atoms with van der Waals surface area (Å²) in [5, 5.41) is 9.20. The standard InChI is InChI=1S/C7H8O7S2.2H3N/c1-4-6(15(9,10)11)3-2-5(8)7(4)16(12,13)14;;/h2-3,8H,1H3,(H,9,10,11)(H,12,13,14);2*1H3. The number of hydrogen-bond donors (Lipinski definition) is 5. The third-order valence-electron chi connectivity index (χ3n) is 1.87. The van der Waals surface area contributed by atoms with Crippen LogP contribution in [0.2, 0.25) is 0 Å². The van der Waals surface area contributed by atoms with Crippen molar-refractivity contribution in [2.75, 3.05) is 0 Å². The van der Waals surface area contributed by atoms with E-state index >= 15 is 0 Å². The van der Waals surface area contributed by atoms with Crippen molar-refractivity contribution < 1.29 is 31.0 Å². The summed E-state index contributed by atoms with van der Waals surface area (Å²) in [5.74, 6) is -0.799. The highest BCUT2D eigenvalue weighted by molar-refractivity contribution is 7.86. The average molecular weight is 302 g/mol. The van der Waals surface area contributed by atoms with E-state index in [1.165, 1.54) is 0 Å². The van der Waals surface area contributed by atoms with Crippen LogP contribution >= 0.6 is 0 Å². The van der Waals surface area contributed by atoms with Crippen LogP contribution in [0.1, 0.15) is 5.56 Å². The molecule has 1 aromatic rings. The number of aromatic hydroxyl groups is 1. The fraction of sp³-hybridized carbons (Fsp3) is 0.143. The molecule has 0 unspecified atom stereocenters. The third kappa shape index (κ3) is 3.63. The molecule has 9 N–H and O–H groups in total. The number of phenols is 1. The van der Waals surface area contributed by atoms with Gasteiger partial charge in [-0.25, -0.2) is 0 Å². The molecule has 0 aliphatic heterocycles. The van der Waals surface area contributed by atoms with Crippen LogP contribution in [0.15, 0.2) is 21.9 Å². The minimum Gasteiger partial charge on any atom is -0.506 e. The van der Waals surface area contributed by atoms with E-state index in [1.54, 1.807) is 0 Å². The number of hydrogen-bond acceptors (Lipinski definition) is 7. The largest absolute Gasteiger partial charge is 0.506 e. The van der Waals surface area contributed by atoms with Gasteiger partial charge in [0.15, 0.2) is 0 Å². The van der Waals surface area contributed by atoms with Gasteiger partial charge in [0, 0.05) is 0 Å². The Hall–Kier alpha value is -1.24. The topological polar surface area (TPSA) is 199 Å². The highest BCUT2D eigenvalue weighted by atomic mass is 32.2. The van der Waals surface area contributed by atoms with Crippen LogP contribution in [-0.4, -0.2) is 31.0 Å². The second-order valence-electron chi connectivity index (χ2n) is 2.99. The van der Waals surface area contributed by atoms with Crippen LogP contribution in [0, 0.1) is 6.92 Å². The molecule has 0 saturated heterocycles. The first-order valence-electron chi connectivity index (χ1n) is 3.82. The second-order valence-corrected chi connectivity index (χ2v) is 5.74. The Morgan fingerprint density at radius 1 is 0.944 bits per heavy atom. The Morgan fingerprint density at radius 3 is 1.72 bits per heavy atom. The van der Waals surface area contributed by atoms with Gasteiger partial charge < -0.3 is 17.4 Å². The second kappa shape index (κ2) is 5.60. The van der Waals surface area contributed by atoms with Crippen molar-refractivity contribution in [3.63, 3.8) is 0 Å². The Kier molecular flexibility index (Phi) is 5.95. The number of rotatable bonds is 2. The van der Waals surface area contributed by atoms with Crippen molar-refractivity contribution in [1.29, 1.82) is 0 Å². The SMILES string of the molecule is Cc1c(S(=O)(=O)O)ccc(O)c1S(=O)(=O)O.N.N. The molecule has 11 heteroatoms. The van der Waals surface area contributed by atoms with E-state index in [-0.39, 0.29) is 12.3 Å². The summed E-state index contributed by atoms with van der Waals surface area (Å²) >= 11 is 0. The van der Waals surface area contributed by atoms with E-state index in [4.69, 9.17) is 9.11 Å². The Morgan fingerprint density at radius 2 is 1.39 bits per heavy atom. The van der Waals surface area contributed by atoms with Crippen molar-refractivity contribution in [2.45, 2.75) is 16.7 Å². The summed E-state index contributed by atoms with van der Waals surface area (Å²) in [6.07, 6.45) is 0. The zero-order valence-electron chi connectivity index (χ0n) is 9.36. The molecule has 9 nitrogen and oxygen atoms in total. The summed E-state index contributed by atoms with van der Waals surface area (Å²) in [7, 11) is -9.39. The van der Waals surface area contributed by atoms with Crippen LogP contribution < -0.4 is 12.3 Å². The highest BCUT2D eigenvalue weighted by Gasteiger charge is 2.25. The van der Waals surface area contributed by atoms with E-state index < -0.39 is 41.3 Å². The van der Waals surface area contributed by atoms with Gasteiger partial charge in [-0.15, -0.1) is 0 Å². The highest BCUT2D eigenvalue weighted by Crippen LogP contribution is 2.30. The normalized spacial score (nSPS) is 11.3. The first-order valence-corrected chi connectivity index (χ1v) is 6.70. The minimum atomic E-state index is -4.77. The Bertz CT molecular complexity index is 636. The maximum absolute atomic E-state index is 10.9. The van der Waals surface area contributed by atoms with Gasteiger partial charge in [-0.3, -0.25) is 9.11 Å². The lowest BCUT2D eigenvalue weighted by Gasteiger charge is -2.08. The summed E-state index contributed by atoms with van der Waals surface area (Å²) in [6.45, 7) is 1.03. The van der Waals surface area contributed by atoms with Crippen LogP contribution in [0.5, 0.6) is 5.75 Å². The Balaban J connectivity index is 0. The molecule has 0 amide bonds. The third-order valence-corrected chi connectivity index (χ3v) is 3.90. The predicted octanol–water partition coefficient (Wildman–Crippen LogP) is 0.518. The van der Waals surface area contributed by atoms with Gasteiger partial charge in [-0.05, 0) is 24.6 Å². The van der Waals surface area contributed by atoms with Crippen molar-refractivity contribution in [3.8, 4) is 5.75 Å². The van der Waals surface area contributed by atoms with Crippen LogP contribution in [-0.2, 0) is 20.2 Å². The fourth-order valence-corrected chi connectivity index (χ4v) is 2.89. The molecular weight excluding hydrogens is 288 g/mol. The summed E-state index contributed by atoms with van der Waals surface area (Å²) in [6, 6.07) is 1.58. The monoisotopic (exact) mass is 302 g/mol. The van der Waals surface area contributed by atoms with E-state index in [0.717, 1.165) is 19.1 Å². The first-order chi connectivity index (χ1) is 7.05. The molecule has 0 spiro atoms. The zero-order valence-corrected chi connectivity index (χ0v) is 11.0. The number of phenolic OH excluding ortho intramolecular Hbond substituents is 1. The summed E-state index contributed by atoms with van der Waals surface area (Å²) < 4.78 is 61.0. The van der Waals surface area contributed by atoms with Crippen LogP contribution in [0.25, 0.3) is 0 Å². The van der Waals surface area contributed by atoms with E-state index in [0.29, 0.717) is 0 Å². The van der Waals surface area contributed by atoms with Gasteiger partial charge >= 0.3 is 0 Å². The smallest absolute Gasteiger partial charge is 0.298 e. The summed E-state index contributed by atoms with van der Waals surface area (Å²) in [5.41, 5.74) is -0.454. The lowest BCUT2D eigenvalue weighted by Crippen LogP contribution is -2.07. The molecule has 1 rings (SSSR count).